The van der Waals surface area contributed by atoms with Crippen LogP contribution in [0.2, 0.25) is 0 Å². The molecular formula is C11H15N3O3. The summed E-state index contributed by atoms with van der Waals surface area (Å²) in [6.07, 6.45) is 0. The molecule has 2 heterocycles. The Morgan fingerprint density at radius 1 is 1.47 bits per heavy atom. The second-order valence-electron chi connectivity index (χ2n) is 3.85. The van der Waals surface area contributed by atoms with Crippen molar-refractivity contribution < 1.29 is 13.7 Å². The van der Waals surface area contributed by atoms with Crippen molar-refractivity contribution in [1.82, 2.24) is 10.1 Å². The van der Waals surface area contributed by atoms with E-state index in [0.717, 1.165) is 17.1 Å². The fourth-order valence-corrected chi connectivity index (χ4v) is 1.59. The van der Waals surface area contributed by atoms with Crippen LogP contribution in [0.1, 0.15) is 23.4 Å². The van der Waals surface area contributed by atoms with Crippen molar-refractivity contribution in [2.24, 2.45) is 5.73 Å². The first-order valence-corrected chi connectivity index (χ1v) is 5.27. The molecule has 0 fully saturated rings. The van der Waals surface area contributed by atoms with Crippen LogP contribution in [0.25, 0.3) is 11.5 Å². The summed E-state index contributed by atoms with van der Waals surface area (Å²) in [5.74, 6) is 2.40. The van der Waals surface area contributed by atoms with E-state index in [1.807, 2.05) is 19.9 Å². The van der Waals surface area contributed by atoms with Gasteiger partial charge in [0.05, 0.1) is 18.2 Å². The molecule has 0 spiro atoms. The Labute approximate surface area is 98.7 Å². The molecule has 2 aromatic rings. The average Bonchev–Trinajstić information content (AvgIpc) is 2.85. The van der Waals surface area contributed by atoms with Gasteiger partial charge in [-0.1, -0.05) is 5.16 Å². The molecule has 92 valence electrons. The summed E-state index contributed by atoms with van der Waals surface area (Å²) in [6, 6.07) is 1.47. The Bertz CT molecular complexity index is 504. The highest BCUT2D eigenvalue weighted by atomic mass is 16.5. The third-order valence-corrected chi connectivity index (χ3v) is 2.39. The van der Waals surface area contributed by atoms with E-state index in [-0.39, 0.29) is 6.04 Å². The molecule has 0 amide bonds. The summed E-state index contributed by atoms with van der Waals surface area (Å²) >= 11 is 0. The van der Waals surface area contributed by atoms with E-state index in [1.54, 1.807) is 7.11 Å². The summed E-state index contributed by atoms with van der Waals surface area (Å²) in [6.45, 7) is 4.06. The topological polar surface area (TPSA) is 87.3 Å². The summed E-state index contributed by atoms with van der Waals surface area (Å²) in [5.41, 5.74) is 6.60. The minimum atomic E-state index is -0.384. The fourth-order valence-electron chi connectivity index (χ4n) is 1.59. The molecule has 17 heavy (non-hydrogen) atoms. The zero-order valence-corrected chi connectivity index (χ0v) is 10.1. The van der Waals surface area contributed by atoms with Crippen molar-refractivity contribution in [1.29, 1.82) is 0 Å². The van der Waals surface area contributed by atoms with Gasteiger partial charge in [0.2, 0.25) is 0 Å². The number of nitrogens with zero attached hydrogens (tertiary/aromatic N) is 2. The third kappa shape index (κ3) is 2.37. The molecule has 0 aliphatic rings. The summed E-state index contributed by atoms with van der Waals surface area (Å²) < 4.78 is 15.5. The number of hydrogen-bond donors (Lipinski definition) is 1. The molecule has 0 saturated heterocycles. The minimum absolute atomic E-state index is 0.350. The van der Waals surface area contributed by atoms with E-state index >= 15 is 0 Å². The Balaban J connectivity index is 2.26. The number of nitrogens with two attached hydrogens (primary N) is 1. The predicted octanol–water partition coefficient (Wildman–Crippen LogP) is 1.59. The van der Waals surface area contributed by atoms with Gasteiger partial charge in [-0.25, -0.2) is 0 Å². The molecule has 1 unspecified atom stereocenters. The van der Waals surface area contributed by atoms with Gasteiger partial charge in [0.15, 0.2) is 5.82 Å². The lowest BCUT2D eigenvalue weighted by atomic mass is 10.2. The van der Waals surface area contributed by atoms with Gasteiger partial charge in [-0.05, 0) is 19.9 Å². The van der Waals surface area contributed by atoms with Crippen molar-refractivity contribution >= 4 is 0 Å². The molecule has 6 heteroatoms. The number of methoxy groups -OCH3 is 1. The molecule has 0 saturated carbocycles. The maximum absolute atomic E-state index is 5.81. The molecule has 0 radical (unpaired) electrons. The molecule has 2 N–H and O–H groups in total. The highest BCUT2D eigenvalue weighted by Crippen LogP contribution is 2.25. The quantitative estimate of drug-likeness (QED) is 0.868. The SMILES string of the molecule is COCC(N)c1noc(-c2cc(C)oc2C)n1. The molecule has 6 nitrogen and oxygen atoms in total. The lowest BCUT2D eigenvalue weighted by molar-refractivity contribution is 0.177. The first kappa shape index (κ1) is 11.8. The van der Waals surface area contributed by atoms with Crippen molar-refractivity contribution in [3.8, 4) is 11.5 Å². The second kappa shape index (κ2) is 4.68. The van der Waals surface area contributed by atoms with Crippen LogP contribution < -0.4 is 5.73 Å². The molecule has 0 aliphatic carbocycles. The first-order chi connectivity index (χ1) is 8.11. The van der Waals surface area contributed by atoms with Crippen molar-refractivity contribution in [2.45, 2.75) is 19.9 Å². The van der Waals surface area contributed by atoms with Gasteiger partial charge in [-0.15, -0.1) is 0 Å². The maximum Gasteiger partial charge on any atom is 0.261 e. The largest absolute Gasteiger partial charge is 0.466 e. The molecule has 0 aromatic carbocycles. The molecule has 2 aromatic heterocycles. The monoisotopic (exact) mass is 237 g/mol. The highest BCUT2D eigenvalue weighted by molar-refractivity contribution is 5.56. The Hall–Kier alpha value is -1.66. The predicted molar refractivity (Wildman–Crippen MR) is 60.3 cm³/mol. The number of rotatable bonds is 4. The highest BCUT2D eigenvalue weighted by Gasteiger charge is 2.18. The average molecular weight is 237 g/mol. The number of ether oxygens (including phenoxy) is 1. The summed E-state index contributed by atoms with van der Waals surface area (Å²) in [4.78, 5) is 4.23. The van der Waals surface area contributed by atoms with Crippen LogP contribution in [-0.4, -0.2) is 23.9 Å². The Kier molecular flexibility index (Phi) is 3.26. The van der Waals surface area contributed by atoms with E-state index in [4.69, 9.17) is 19.4 Å². The number of aryl methyl sites for hydroxylation is 2. The molecule has 0 bridgehead atoms. The van der Waals surface area contributed by atoms with Gasteiger partial charge in [0.1, 0.15) is 11.5 Å². The van der Waals surface area contributed by atoms with E-state index in [2.05, 4.69) is 10.1 Å². The van der Waals surface area contributed by atoms with E-state index < -0.39 is 0 Å². The zero-order valence-electron chi connectivity index (χ0n) is 10.1. The lowest BCUT2D eigenvalue weighted by Crippen LogP contribution is -2.17. The van der Waals surface area contributed by atoms with Gasteiger partial charge in [0, 0.05) is 7.11 Å². The van der Waals surface area contributed by atoms with Crippen LogP contribution in [0.15, 0.2) is 15.0 Å². The van der Waals surface area contributed by atoms with Crippen LogP contribution >= 0.6 is 0 Å². The van der Waals surface area contributed by atoms with Gasteiger partial charge < -0.3 is 19.4 Å². The maximum atomic E-state index is 5.81. The van der Waals surface area contributed by atoms with E-state index in [9.17, 15) is 0 Å². The van der Waals surface area contributed by atoms with Gasteiger partial charge >= 0.3 is 0 Å². The Morgan fingerprint density at radius 2 is 2.24 bits per heavy atom. The van der Waals surface area contributed by atoms with Crippen LogP contribution in [0.5, 0.6) is 0 Å². The smallest absolute Gasteiger partial charge is 0.261 e. The number of aromatic nitrogens is 2. The zero-order chi connectivity index (χ0) is 12.4. The van der Waals surface area contributed by atoms with Crippen molar-refractivity contribution in [2.75, 3.05) is 13.7 Å². The van der Waals surface area contributed by atoms with Crippen molar-refractivity contribution in [3.05, 3.63) is 23.4 Å². The minimum Gasteiger partial charge on any atom is -0.466 e. The Morgan fingerprint density at radius 3 is 2.82 bits per heavy atom. The van der Waals surface area contributed by atoms with Crippen LogP contribution in [-0.2, 0) is 4.74 Å². The van der Waals surface area contributed by atoms with E-state index in [1.165, 1.54) is 0 Å². The third-order valence-electron chi connectivity index (χ3n) is 2.39. The molecule has 2 rings (SSSR count). The molecule has 1 atom stereocenters. The number of furan rings is 1. The second-order valence-corrected chi connectivity index (χ2v) is 3.85. The standard InChI is InChI=1S/C11H15N3O3/c1-6-4-8(7(2)16-6)11-13-10(14-17-11)9(12)5-15-3/h4,9H,5,12H2,1-3H3. The number of hydrogen-bond acceptors (Lipinski definition) is 6. The van der Waals surface area contributed by atoms with Crippen LogP contribution in [0.4, 0.5) is 0 Å². The summed E-state index contributed by atoms with van der Waals surface area (Å²) in [5, 5.41) is 3.83. The van der Waals surface area contributed by atoms with Crippen LogP contribution in [0.3, 0.4) is 0 Å². The molecular weight excluding hydrogens is 222 g/mol. The van der Waals surface area contributed by atoms with Gasteiger partial charge in [-0.2, -0.15) is 4.98 Å². The summed E-state index contributed by atoms with van der Waals surface area (Å²) in [7, 11) is 1.57. The fraction of sp³-hybridized carbons (Fsp3) is 0.455. The van der Waals surface area contributed by atoms with E-state index in [0.29, 0.717) is 18.3 Å². The molecule has 0 aliphatic heterocycles. The van der Waals surface area contributed by atoms with Crippen molar-refractivity contribution in [3.63, 3.8) is 0 Å². The first-order valence-electron chi connectivity index (χ1n) is 5.27. The van der Waals surface area contributed by atoms with Gasteiger partial charge in [-0.3, -0.25) is 0 Å². The normalized spacial score (nSPS) is 12.9. The van der Waals surface area contributed by atoms with Crippen LogP contribution in [0, 0.1) is 13.8 Å². The van der Waals surface area contributed by atoms with Gasteiger partial charge in [0.25, 0.3) is 5.89 Å². The lowest BCUT2D eigenvalue weighted by Gasteiger charge is -2.02.